The number of allylic oxidation sites excluding steroid dienone is 2. The summed E-state index contributed by atoms with van der Waals surface area (Å²) in [5.74, 6) is 2.02. The number of aromatic carboxylic acids is 1. The molecule has 2 amide bonds. The van der Waals surface area contributed by atoms with Gasteiger partial charge in [-0.1, -0.05) is 52.3 Å². The van der Waals surface area contributed by atoms with Crippen molar-refractivity contribution >= 4 is 17.6 Å². The molecule has 254 valence electrons. The number of nitrogens with one attached hydrogen (secondary N) is 1. The fourth-order valence-electron chi connectivity index (χ4n) is 12.3. The molecule has 1 aromatic carbocycles. The molecule has 7 heteroatoms. The lowest BCUT2D eigenvalue weighted by Crippen LogP contribution is -2.68. The summed E-state index contributed by atoms with van der Waals surface area (Å²) in [5, 5.41) is 22.8. The van der Waals surface area contributed by atoms with Crippen molar-refractivity contribution in [2.24, 2.45) is 45.8 Å². The molecule has 3 N–H and O–H groups in total. The van der Waals surface area contributed by atoms with E-state index in [-0.39, 0.29) is 34.4 Å². The third-order valence-electron chi connectivity index (χ3n) is 14.9. The molecular formula is C39H59N3O4. The van der Waals surface area contributed by atoms with Crippen LogP contribution in [0.5, 0.6) is 0 Å². The monoisotopic (exact) mass is 633 g/mol. The van der Waals surface area contributed by atoms with Crippen LogP contribution >= 0.6 is 0 Å². The van der Waals surface area contributed by atoms with Gasteiger partial charge in [0.05, 0.1) is 12.2 Å². The van der Waals surface area contributed by atoms with Gasteiger partial charge in [-0.2, -0.15) is 0 Å². The van der Waals surface area contributed by atoms with Crippen molar-refractivity contribution < 1.29 is 19.8 Å². The van der Waals surface area contributed by atoms with Gasteiger partial charge in [-0.3, -0.25) is 0 Å². The summed E-state index contributed by atoms with van der Waals surface area (Å²) in [6.07, 6.45) is 14.3. The highest BCUT2D eigenvalue weighted by Crippen LogP contribution is 2.75. The second-order valence-electron chi connectivity index (χ2n) is 16.9. The number of nitrogens with zero attached hydrogens (tertiary/aromatic N) is 2. The van der Waals surface area contributed by atoms with Crippen molar-refractivity contribution in [1.29, 1.82) is 0 Å². The van der Waals surface area contributed by atoms with Crippen LogP contribution in [0.4, 0.5) is 4.79 Å². The van der Waals surface area contributed by atoms with E-state index in [1.165, 1.54) is 56.1 Å². The largest absolute Gasteiger partial charge is 0.478 e. The van der Waals surface area contributed by atoms with Crippen molar-refractivity contribution in [3.63, 3.8) is 0 Å². The standard InChI is InChI=1S/C39H59N3O4/c1-26-29(27-9-11-28(12-10-27)34(44)45)15-18-36(2)30(26)16-19-38(4)33(36)14-13-31-32-8-7-17-39(32,21-20-37(31,38)3)40-35(46)42(24-25-43)23-22-41(5)6/h9-12,15,26,30-33,43H,7-8,13-14,16-25H2,1-6H3,(H,40,46)(H,44,45)/t26?,30?,31?,32?,33?,36?,37-,38?,39?/m1/s1. The summed E-state index contributed by atoms with van der Waals surface area (Å²) in [4.78, 5) is 29.1. The zero-order chi connectivity index (χ0) is 33.1. The Labute approximate surface area is 277 Å². The van der Waals surface area contributed by atoms with E-state index < -0.39 is 5.97 Å². The SMILES string of the molecule is CC1C(c2ccc(C(=O)O)cc2)=CCC2(C)C1CCC1(C)C2CCC2C3CCCC3(NC(=O)N(CCO)CCN(C)C)CC[C@]21C. The Kier molecular flexibility index (Phi) is 8.93. The number of benzene rings is 1. The van der Waals surface area contributed by atoms with Crippen LogP contribution in [0.2, 0.25) is 0 Å². The first-order valence-electron chi connectivity index (χ1n) is 18.2. The summed E-state index contributed by atoms with van der Waals surface area (Å²) in [7, 11) is 4.05. The Hall–Kier alpha value is -2.38. The molecule has 5 aliphatic rings. The normalized spacial score (nSPS) is 39.8. The number of urea groups is 1. The van der Waals surface area contributed by atoms with E-state index in [2.05, 4.69) is 44.0 Å². The van der Waals surface area contributed by atoms with Gasteiger partial charge in [0, 0.05) is 25.2 Å². The van der Waals surface area contributed by atoms with Gasteiger partial charge in [0.2, 0.25) is 0 Å². The maximum atomic E-state index is 13.7. The molecule has 46 heavy (non-hydrogen) atoms. The Bertz CT molecular complexity index is 1340. The molecule has 4 fully saturated rings. The zero-order valence-electron chi connectivity index (χ0n) is 29.3. The zero-order valence-corrected chi connectivity index (χ0v) is 29.3. The third kappa shape index (κ3) is 5.23. The number of rotatable bonds is 8. The molecule has 6 rings (SSSR count). The summed E-state index contributed by atoms with van der Waals surface area (Å²) in [5.41, 5.74) is 3.57. The Balaban J connectivity index is 1.23. The number of carboxylic acid groups (broad SMARTS) is 1. The van der Waals surface area contributed by atoms with Crippen molar-refractivity contribution in [3.05, 3.63) is 41.5 Å². The van der Waals surface area contributed by atoms with Crippen molar-refractivity contribution in [2.45, 2.75) is 97.4 Å². The highest BCUT2D eigenvalue weighted by atomic mass is 16.4. The predicted octanol–water partition coefficient (Wildman–Crippen LogP) is 7.16. The van der Waals surface area contributed by atoms with Crippen molar-refractivity contribution in [2.75, 3.05) is 40.3 Å². The summed E-state index contributed by atoms with van der Waals surface area (Å²) in [6, 6.07) is 7.53. The number of aliphatic hydroxyl groups excluding tert-OH is 1. The highest BCUT2D eigenvalue weighted by Gasteiger charge is 2.68. The highest BCUT2D eigenvalue weighted by molar-refractivity contribution is 5.88. The van der Waals surface area contributed by atoms with E-state index in [0.717, 1.165) is 25.8 Å². The molecule has 8 unspecified atom stereocenters. The van der Waals surface area contributed by atoms with Gasteiger partial charge in [-0.25, -0.2) is 9.59 Å². The number of carbonyl (C=O) groups is 2. The van der Waals surface area contributed by atoms with Crippen LogP contribution < -0.4 is 5.32 Å². The molecule has 0 radical (unpaired) electrons. The Morgan fingerprint density at radius 1 is 0.870 bits per heavy atom. The van der Waals surface area contributed by atoms with E-state index in [4.69, 9.17) is 0 Å². The van der Waals surface area contributed by atoms with Gasteiger partial charge in [0.15, 0.2) is 0 Å². The number of fused-ring (bicyclic) bond motifs is 7. The maximum absolute atomic E-state index is 13.7. The van der Waals surface area contributed by atoms with Crippen molar-refractivity contribution in [1.82, 2.24) is 15.1 Å². The van der Waals surface area contributed by atoms with Crippen LogP contribution in [-0.4, -0.2) is 77.9 Å². The number of hydrogen-bond donors (Lipinski definition) is 3. The van der Waals surface area contributed by atoms with E-state index in [0.29, 0.717) is 48.2 Å². The average molecular weight is 634 g/mol. The Morgan fingerprint density at radius 2 is 1.61 bits per heavy atom. The van der Waals surface area contributed by atoms with Gasteiger partial charge in [0.25, 0.3) is 0 Å². The molecule has 5 aliphatic carbocycles. The van der Waals surface area contributed by atoms with E-state index in [1.54, 1.807) is 12.1 Å². The smallest absolute Gasteiger partial charge is 0.335 e. The topological polar surface area (TPSA) is 93.1 Å². The first-order chi connectivity index (χ1) is 21.8. The van der Waals surface area contributed by atoms with Crippen LogP contribution in [0.25, 0.3) is 5.57 Å². The second-order valence-corrected chi connectivity index (χ2v) is 16.9. The second kappa shape index (κ2) is 12.3. The quantitative estimate of drug-likeness (QED) is 0.283. The third-order valence-corrected chi connectivity index (χ3v) is 14.9. The molecule has 0 heterocycles. The molecule has 7 nitrogen and oxygen atoms in total. The minimum atomic E-state index is -0.871. The number of aliphatic hydroxyl groups is 1. The van der Waals surface area contributed by atoms with Crippen molar-refractivity contribution in [3.8, 4) is 0 Å². The predicted molar refractivity (Wildman–Crippen MR) is 183 cm³/mol. The molecular weight excluding hydrogens is 574 g/mol. The van der Waals surface area contributed by atoms with Gasteiger partial charge < -0.3 is 25.3 Å². The first kappa shape index (κ1) is 33.5. The van der Waals surface area contributed by atoms with Gasteiger partial charge in [-0.15, -0.1) is 0 Å². The van der Waals surface area contributed by atoms with Crippen LogP contribution in [0.3, 0.4) is 0 Å². The molecule has 0 bridgehead atoms. The van der Waals surface area contributed by atoms with Crippen LogP contribution in [0.1, 0.15) is 108 Å². The maximum Gasteiger partial charge on any atom is 0.335 e. The van der Waals surface area contributed by atoms with Gasteiger partial charge in [-0.05, 0) is 141 Å². The minimum Gasteiger partial charge on any atom is -0.478 e. The van der Waals surface area contributed by atoms with Crippen LogP contribution in [0, 0.1) is 45.8 Å². The number of carbonyl (C=O) groups excluding carboxylic acids is 1. The fraction of sp³-hybridized carbons (Fsp3) is 0.744. The van der Waals surface area contributed by atoms with Gasteiger partial charge in [0.1, 0.15) is 0 Å². The summed E-state index contributed by atoms with van der Waals surface area (Å²) in [6.45, 7) is 12.1. The summed E-state index contributed by atoms with van der Waals surface area (Å²) < 4.78 is 0. The molecule has 0 aliphatic heterocycles. The lowest BCUT2D eigenvalue weighted by Gasteiger charge is -2.71. The molecule has 0 spiro atoms. The van der Waals surface area contributed by atoms with Crippen LogP contribution in [0.15, 0.2) is 30.3 Å². The number of likely N-dealkylation sites (N-methyl/N-ethyl adjacent to an activating group) is 1. The lowest BCUT2D eigenvalue weighted by molar-refractivity contribution is -0.210. The Morgan fingerprint density at radius 3 is 2.28 bits per heavy atom. The molecule has 9 atom stereocenters. The lowest BCUT2D eigenvalue weighted by atomic mass is 9.34. The van der Waals surface area contributed by atoms with E-state index >= 15 is 0 Å². The number of hydrogen-bond acceptors (Lipinski definition) is 4. The minimum absolute atomic E-state index is 0.00991. The fourth-order valence-corrected chi connectivity index (χ4v) is 12.3. The van der Waals surface area contributed by atoms with Crippen LogP contribution in [-0.2, 0) is 0 Å². The molecule has 1 aromatic rings. The molecule has 0 aromatic heterocycles. The molecule has 4 saturated carbocycles. The van der Waals surface area contributed by atoms with E-state index in [1.807, 2.05) is 31.1 Å². The number of amides is 2. The van der Waals surface area contributed by atoms with E-state index in [9.17, 15) is 19.8 Å². The first-order valence-corrected chi connectivity index (χ1v) is 18.2. The molecule has 0 saturated heterocycles. The number of carboxylic acids is 1. The average Bonchev–Trinajstić information content (AvgIpc) is 3.43. The summed E-state index contributed by atoms with van der Waals surface area (Å²) >= 11 is 0. The van der Waals surface area contributed by atoms with Gasteiger partial charge >= 0.3 is 12.0 Å².